The van der Waals surface area contributed by atoms with Gasteiger partial charge in [-0.2, -0.15) is 16.8 Å². The molecule has 17 nitrogen and oxygen atoms in total. The van der Waals surface area contributed by atoms with Crippen molar-refractivity contribution < 1.29 is 72.9 Å². The van der Waals surface area contributed by atoms with E-state index in [1.165, 1.54) is 13.8 Å². The van der Waals surface area contributed by atoms with E-state index < -0.39 is 92.8 Å². The highest BCUT2D eigenvalue weighted by molar-refractivity contribution is 7.86. The number of hydrogen-bond donors (Lipinski definition) is 0. The standard InChI is InChI=1S/C22H33NO16S2/c1-8-33-21(27)15(22(28)34-9-2)10-23-17(16(36-13(4)25)11-35-12(3)24)18(38-40(6,29)30)19(39-41(7,31)32)20(23)37-14(5)26/h10,16-20H,8-9,11H2,1-7H3/t16-,17+,18+,19-,20+/m1/s1. The first-order chi connectivity index (χ1) is 18.8. The Morgan fingerprint density at radius 1 is 0.756 bits per heavy atom. The highest BCUT2D eigenvalue weighted by Gasteiger charge is 2.58. The van der Waals surface area contributed by atoms with Crippen LogP contribution in [-0.2, 0) is 76.3 Å². The number of rotatable bonds is 14. The molecule has 1 rings (SSSR count). The number of nitrogens with zero attached hydrogens (tertiary/aromatic N) is 1. The fraction of sp³-hybridized carbons (Fsp3) is 0.682. The van der Waals surface area contributed by atoms with E-state index in [2.05, 4.69) is 0 Å². The van der Waals surface area contributed by atoms with Gasteiger partial charge in [-0.05, 0) is 13.8 Å². The van der Waals surface area contributed by atoms with Crippen molar-refractivity contribution in [2.75, 3.05) is 32.3 Å². The summed E-state index contributed by atoms with van der Waals surface area (Å²) < 4.78 is 84.4. The Morgan fingerprint density at radius 2 is 1.24 bits per heavy atom. The lowest BCUT2D eigenvalue weighted by Crippen LogP contribution is -2.50. The van der Waals surface area contributed by atoms with Crippen molar-refractivity contribution in [3.8, 4) is 0 Å². The van der Waals surface area contributed by atoms with Crippen molar-refractivity contribution in [1.82, 2.24) is 4.90 Å². The van der Waals surface area contributed by atoms with Crippen molar-refractivity contribution in [2.24, 2.45) is 0 Å². The third-order valence-corrected chi connectivity index (χ3v) is 6.00. The summed E-state index contributed by atoms with van der Waals surface area (Å²) in [5, 5.41) is 0. The zero-order valence-electron chi connectivity index (χ0n) is 23.4. The lowest BCUT2D eigenvalue weighted by molar-refractivity contribution is -0.166. The molecule has 0 saturated carbocycles. The van der Waals surface area contributed by atoms with Crippen LogP contribution in [0.25, 0.3) is 0 Å². The molecular formula is C22H33NO16S2. The van der Waals surface area contributed by atoms with E-state index in [1.807, 2.05) is 0 Å². The number of likely N-dealkylation sites (tertiary alicyclic amines) is 1. The van der Waals surface area contributed by atoms with Crippen LogP contribution in [0.5, 0.6) is 0 Å². The zero-order valence-corrected chi connectivity index (χ0v) is 25.0. The summed E-state index contributed by atoms with van der Waals surface area (Å²) in [7, 11) is -8.92. The first kappa shape index (κ1) is 35.7. The Labute approximate surface area is 237 Å². The maximum absolute atomic E-state index is 12.7. The van der Waals surface area contributed by atoms with Crippen molar-refractivity contribution in [3.63, 3.8) is 0 Å². The van der Waals surface area contributed by atoms with Crippen LogP contribution in [0.1, 0.15) is 34.6 Å². The Kier molecular flexibility index (Phi) is 13.1. The first-order valence-corrected chi connectivity index (χ1v) is 15.5. The molecule has 1 fully saturated rings. The average molecular weight is 632 g/mol. The van der Waals surface area contributed by atoms with E-state index in [9.17, 15) is 40.8 Å². The number of hydrogen-bond acceptors (Lipinski definition) is 17. The summed E-state index contributed by atoms with van der Waals surface area (Å²) in [6.45, 7) is 4.59. The van der Waals surface area contributed by atoms with Crippen LogP contribution in [0.15, 0.2) is 11.8 Å². The van der Waals surface area contributed by atoms with Gasteiger partial charge < -0.3 is 28.6 Å². The Hall–Kier alpha value is -3.29. The molecular weight excluding hydrogens is 598 g/mol. The molecule has 234 valence electrons. The van der Waals surface area contributed by atoms with Crippen molar-refractivity contribution in [2.45, 2.75) is 65.2 Å². The summed E-state index contributed by atoms with van der Waals surface area (Å²) in [6.07, 6.45) is -5.67. The van der Waals surface area contributed by atoms with Gasteiger partial charge in [0.25, 0.3) is 20.2 Å². The molecule has 0 bridgehead atoms. The lowest BCUT2D eigenvalue weighted by atomic mass is 10.0. The van der Waals surface area contributed by atoms with Crippen molar-refractivity contribution in [3.05, 3.63) is 11.8 Å². The molecule has 0 spiro atoms. The molecule has 1 aliphatic rings. The van der Waals surface area contributed by atoms with Crippen LogP contribution in [0.2, 0.25) is 0 Å². The minimum atomic E-state index is -4.47. The maximum atomic E-state index is 12.7. The minimum absolute atomic E-state index is 0.200. The van der Waals surface area contributed by atoms with Gasteiger partial charge >= 0.3 is 29.8 Å². The highest BCUT2D eigenvalue weighted by Crippen LogP contribution is 2.36. The second kappa shape index (κ2) is 15.1. The molecule has 1 saturated heterocycles. The number of carbonyl (C=O) groups excluding carboxylic acids is 5. The Morgan fingerprint density at radius 3 is 1.63 bits per heavy atom. The van der Waals surface area contributed by atoms with E-state index in [4.69, 9.17) is 32.1 Å². The van der Waals surface area contributed by atoms with Crippen LogP contribution in [-0.4, -0.2) is 114 Å². The molecule has 5 atom stereocenters. The summed E-state index contributed by atoms with van der Waals surface area (Å²) in [4.78, 5) is 62.0. The predicted octanol–water partition coefficient (Wildman–Crippen LogP) is -1.25. The topological polar surface area (TPSA) is 221 Å². The second-order valence-corrected chi connectivity index (χ2v) is 11.6. The van der Waals surface area contributed by atoms with E-state index in [0.717, 1.165) is 31.9 Å². The van der Waals surface area contributed by atoms with Crippen LogP contribution in [0, 0.1) is 0 Å². The zero-order chi connectivity index (χ0) is 31.7. The van der Waals surface area contributed by atoms with Crippen LogP contribution >= 0.6 is 0 Å². The van der Waals surface area contributed by atoms with Gasteiger partial charge in [0.05, 0.1) is 25.7 Å². The van der Waals surface area contributed by atoms with Gasteiger partial charge in [0.1, 0.15) is 18.8 Å². The van der Waals surface area contributed by atoms with E-state index in [0.29, 0.717) is 12.5 Å². The molecule has 0 aromatic rings. The molecule has 0 aromatic carbocycles. The van der Waals surface area contributed by atoms with E-state index in [-0.39, 0.29) is 13.2 Å². The van der Waals surface area contributed by atoms with Gasteiger partial charge in [0.15, 0.2) is 17.8 Å². The highest BCUT2D eigenvalue weighted by atomic mass is 32.2. The molecule has 1 aliphatic heterocycles. The van der Waals surface area contributed by atoms with Gasteiger partial charge in [-0.3, -0.25) is 22.7 Å². The average Bonchev–Trinajstić information content (AvgIpc) is 3.03. The normalized spacial score (nSPS) is 21.3. The molecule has 41 heavy (non-hydrogen) atoms. The van der Waals surface area contributed by atoms with Crippen LogP contribution < -0.4 is 0 Å². The molecule has 0 N–H and O–H groups in total. The van der Waals surface area contributed by atoms with E-state index >= 15 is 0 Å². The SMILES string of the molecule is CCOC(=O)C(=CN1[C@@H]([C@@H](COC(C)=O)OC(C)=O)[C@H](OS(C)(=O)=O)[C@@H](OS(C)(=O)=O)[C@@H]1OC(C)=O)C(=O)OCC. The van der Waals surface area contributed by atoms with Gasteiger partial charge in [0.2, 0.25) is 6.23 Å². The quantitative estimate of drug-likeness (QED) is 0.0546. The first-order valence-electron chi connectivity index (χ1n) is 11.9. The fourth-order valence-corrected chi connectivity index (χ4v) is 4.95. The van der Waals surface area contributed by atoms with Gasteiger partial charge in [0, 0.05) is 27.0 Å². The Bertz CT molecular complexity index is 1220. The molecule has 0 aliphatic carbocycles. The summed E-state index contributed by atoms with van der Waals surface area (Å²) >= 11 is 0. The van der Waals surface area contributed by atoms with Crippen LogP contribution in [0.4, 0.5) is 0 Å². The van der Waals surface area contributed by atoms with Gasteiger partial charge in [-0.1, -0.05) is 0 Å². The lowest BCUT2D eigenvalue weighted by Gasteiger charge is -2.34. The summed E-state index contributed by atoms with van der Waals surface area (Å²) in [5.74, 6) is -5.35. The second-order valence-electron chi connectivity index (χ2n) is 8.40. The maximum Gasteiger partial charge on any atom is 0.347 e. The molecule has 1 heterocycles. The third kappa shape index (κ3) is 11.6. The smallest absolute Gasteiger partial charge is 0.347 e. The number of ether oxygens (including phenoxy) is 5. The van der Waals surface area contributed by atoms with Gasteiger partial charge in [-0.25, -0.2) is 9.59 Å². The minimum Gasteiger partial charge on any atom is -0.462 e. The molecule has 0 aromatic heterocycles. The molecule has 0 unspecified atom stereocenters. The number of esters is 5. The molecule has 0 radical (unpaired) electrons. The monoisotopic (exact) mass is 631 g/mol. The number of carbonyl (C=O) groups is 5. The van der Waals surface area contributed by atoms with Crippen LogP contribution in [0.3, 0.4) is 0 Å². The van der Waals surface area contributed by atoms with Crippen molar-refractivity contribution in [1.29, 1.82) is 0 Å². The third-order valence-electron chi connectivity index (χ3n) is 4.86. The summed E-state index contributed by atoms with van der Waals surface area (Å²) in [6, 6.07) is -1.75. The largest absolute Gasteiger partial charge is 0.462 e. The summed E-state index contributed by atoms with van der Waals surface area (Å²) in [5.41, 5.74) is -0.817. The van der Waals surface area contributed by atoms with Crippen molar-refractivity contribution >= 4 is 50.1 Å². The predicted molar refractivity (Wildman–Crippen MR) is 134 cm³/mol. The fourth-order valence-electron chi connectivity index (χ4n) is 3.71. The molecule has 0 amide bonds. The molecule has 19 heteroatoms. The van der Waals surface area contributed by atoms with Gasteiger partial charge in [-0.15, -0.1) is 0 Å². The Balaban J connectivity index is 4.14. The van der Waals surface area contributed by atoms with E-state index in [1.54, 1.807) is 0 Å².